The van der Waals surface area contributed by atoms with Crippen LogP contribution in [-0.4, -0.2) is 20.3 Å². The molecule has 0 unspecified atom stereocenters. The average Bonchev–Trinajstić information content (AvgIpc) is 2.84. The van der Waals surface area contributed by atoms with Crippen LogP contribution in [0.2, 0.25) is 0 Å². The van der Waals surface area contributed by atoms with Crippen LogP contribution < -0.4 is 5.73 Å². The summed E-state index contributed by atoms with van der Waals surface area (Å²) >= 11 is 0. The average molecular weight is 220 g/mol. The lowest BCUT2D eigenvalue weighted by molar-refractivity contribution is 0.287. The fourth-order valence-corrected chi connectivity index (χ4v) is 3.09. The third-order valence-corrected chi connectivity index (χ3v) is 4.05. The molecule has 1 aromatic rings. The SMILES string of the molecule is NC1(Cc2nnc3n2CCC3)CCCCC1. The van der Waals surface area contributed by atoms with Gasteiger partial charge in [0.25, 0.3) is 0 Å². The Hall–Kier alpha value is -0.900. The van der Waals surface area contributed by atoms with E-state index in [0.717, 1.165) is 43.9 Å². The number of hydrogen-bond donors (Lipinski definition) is 1. The number of aryl methyl sites for hydroxylation is 1. The molecule has 0 radical (unpaired) electrons. The van der Waals surface area contributed by atoms with Gasteiger partial charge >= 0.3 is 0 Å². The molecule has 2 N–H and O–H groups in total. The van der Waals surface area contributed by atoms with Crippen molar-refractivity contribution in [2.75, 3.05) is 0 Å². The highest BCUT2D eigenvalue weighted by atomic mass is 15.3. The third kappa shape index (κ3) is 1.75. The van der Waals surface area contributed by atoms with Crippen LogP contribution in [0.1, 0.15) is 50.2 Å². The van der Waals surface area contributed by atoms with E-state index in [4.69, 9.17) is 5.73 Å². The third-order valence-electron chi connectivity index (χ3n) is 4.05. The summed E-state index contributed by atoms with van der Waals surface area (Å²) in [5.41, 5.74) is 6.45. The van der Waals surface area contributed by atoms with Gasteiger partial charge in [-0.1, -0.05) is 19.3 Å². The zero-order valence-corrected chi connectivity index (χ0v) is 9.78. The van der Waals surface area contributed by atoms with Gasteiger partial charge in [-0.3, -0.25) is 0 Å². The molecule has 1 saturated carbocycles. The summed E-state index contributed by atoms with van der Waals surface area (Å²) in [4.78, 5) is 0. The van der Waals surface area contributed by atoms with Gasteiger partial charge < -0.3 is 10.3 Å². The second-order valence-electron chi connectivity index (χ2n) is 5.39. The highest BCUT2D eigenvalue weighted by Crippen LogP contribution is 2.29. The van der Waals surface area contributed by atoms with Crippen LogP contribution >= 0.6 is 0 Å². The second kappa shape index (κ2) is 3.84. The lowest BCUT2D eigenvalue weighted by Crippen LogP contribution is -2.44. The maximum atomic E-state index is 6.46. The minimum absolute atomic E-state index is 0.00928. The summed E-state index contributed by atoms with van der Waals surface area (Å²) in [6.07, 6.45) is 9.41. The zero-order valence-electron chi connectivity index (χ0n) is 9.78. The Kier molecular flexibility index (Phi) is 2.46. The molecule has 2 aliphatic rings. The van der Waals surface area contributed by atoms with E-state index in [0.29, 0.717) is 0 Å². The molecule has 0 bridgehead atoms. The molecule has 0 amide bonds. The first-order chi connectivity index (χ1) is 7.77. The number of rotatable bonds is 2. The largest absolute Gasteiger partial charge is 0.325 e. The molecule has 1 aliphatic carbocycles. The van der Waals surface area contributed by atoms with Gasteiger partial charge in [0.1, 0.15) is 11.6 Å². The Labute approximate surface area is 96.2 Å². The Morgan fingerprint density at radius 2 is 1.94 bits per heavy atom. The van der Waals surface area contributed by atoms with E-state index >= 15 is 0 Å². The topological polar surface area (TPSA) is 56.7 Å². The fourth-order valence-electron chi connectivity index (χ4n) is 3.09. The first-order valence-electron chi connectivity index (χ1n) is 6.47. The van der Waals surface area contributed by atoms with Crippen molar-refractivity contribution in [1.82, 2.24) is 14.8 Å². The molecular formula is C12H20N4. The lowest BCUT2D eigenvalue weighted by atomic mass is 9.80. The maximum absolute atomic E-state index is 6.46. The summed E-state index contributed by atoms with van der Waals surface area (Å²) in [6.45, 7) is 1.09. The van der Waals surface area contributed by atoms with E-state index in [1.807, 2.05) is 0 Å². The maximum Gasteiger partial charge on any atom is 0.134 e. The van der Waals surface area contributed by atoms with E-state index in [-0.39, 0.29) is 5.54 Å². The zero-order chi connectivity index (χ0) is 11.0. The number of fused-ring (bicyclic) bond motifs is 1. The van der Waals surface area contributed by atoms with Crippen molar-refractivity contribution in [3.63, 3.8) is 0 Å². The van der Waals surface area contributed by atoms with Crippen molar-refractivity contribution in [3.8, 4) is 0 Å². The van der Waals surface area contributed by atoms with E-state index in [9.17, 15) is 0 Å². The summed E-state index contributed by atoms with van der Waals surface area (Å²) in [5.74, 6) is 2.28. The molecule has 1 aliphatic heterocycles. The summed E-state index contributed by atoms with van der Waals surface area (Å²) in [6, 6.07) is 0. The van der Waals surface area contributed by atoms with Gasteiger partial charge in [-0.15, -0.1) is 10.2 Å². The molecule has 4 nitrogen and oxygen atoms in total. The molecule has 3 rings (SSSR count). The summed E-state index contributed by atoms with van der Waals surface area (Å²) in [7, 11) is 0. The molecule has 2 heterocycles. The van der Waals surface area contributed by atoms with Gasteiger partial charge in [0.05, 0.1) is 0 Å². The van der Waals surface area contributed by atoms with Crippen LogP contribution in [0, 0.1) is 0 Å². The number of hydrogen-bond acceptors (Lipinski definition) is 3. The molecule has 0 saturated heterocycles. The Morgan fingerprint density at radius 1 is 1.12 bits per heavy atom. The van der Waals surface area contributed by atoms with Crippen LogP contribution in [0.5, 0.6) is 0 Å². The van der Waals surface area contributed by atoms with E-state index in [1.54, 1.807) is 0 Å². The predicted octanol–water partition coefficient (Wildman–Crippen LogP) is 1.43. The van der Waals surface area contributed by atoms with Gasteiger partial charge in [0.2, 0.25) is 0 Å². The molecule has 1 aromatic heterocycles. The minimum Gasteiger partial charge on any atom is -0.325 e. The van der Waals surface area contributed by atoms with Crippen LogP contribution in [-0.2, 0) is 19.4 Å². The fraction of sp³-hybridized carbons (Fsp3) is 0.833. The van der Waals surface area contributed by atoms with Gasteiger partial charge in [-0.25, -0.2) is 0 Å². The Morgan fingerprint density at radius 3 is 2.75 bits per heavy atom. The van der Waals surface area contributed by atoms with Gasteiger partial charge in [0, 0.05) is 24.9 Å². The first kappa shape index (κ1) is 10.3. The van der Waals surface area contributed by atoms with Crippen molar-refractivity contribution in [2.45, 2.75) is 63.5 Å². The van der Waals surface area contributed by atoms with Crippen LogP contribution in [0.25, 0.3) is 0 Å². The predicted molar refractivity (Wildman–Crippen MR) is 62.1 cm³/mol. The summed E-state index contributed by atoms with van der Waals surface area (Å²) in [5, 5.41) is 8.56. The van der Waals surface area contributed by atoms with E-state index in [2.05, 4.69) is 14.8 Å². The van der Waals surface area contributed by atoms with E-state index in [1.165, 1.54) is 25.7 Å². The molecule has 0 spiro atoms. The lowest BCUT2D eigenvalue weighted by Gasteiger charge is -2.32. The van der Waals surface area contributed by atoms with Crippen molar-refractivity contribution < 1.29 is 0 Å². The first-order valence-corrected chi connectivity index (χ1v) is 6.47. The standard InChI is InChI=1S/C12H20N4/c13-12(6-2-1-3-7-12)9-11-15-14-10-5-4-8-16(10)11/h1-9,13H2. The number of nitrogens with two attached hydrogens (primary N) is 1. The minimum atomic E-state index is -0.00928. The Bertz CT molecular complexity index is 376. The van der Waals surface area contributed by atoms with Gasteiger partial charge in [-0.05, 0) is 19.3 Å². The van der Waals surface area contributed by atoms with Crippen LogP contribution in [0.15, 0.2) is 0 Å². The van der Waals surface area contributed by atoms with Crippen molar-refractivity contribution in [1.29, 1.82) is 0 Å². The van der Waals surface area contributed by atoms with Crippen LogP contribution in [0.4, 0.5) is 0 Å². The molecule has 0 atom stereocenters. The normalized spacial score (nSPS) is 23.3. The highest BCUT2D eigenvalue weighted by Gasteiger charge is 2.30. The molecule has 16 heavy (non-hydrogen) atoms. The molecule has 4 heteroatoms. The monoisotopic (exact) mass is 220 g/mol. The van der Waals surface area contributed by atoms with Gasteiger partial charge in [-0.2, -0.15) is 0 Å². The number of nitrogens with zero attached hydrogens (tertiary/aromatic N) is 3. The van der Waals surface area contributed by atoms with Crippen molar-refractivity contribution in [2.24, 2.45) is 5.73 Å². The van der Waals surface area contributed by atoms with Crippen molar-refractivity contribution >= 4 is 0 Å². The molecule has 1 fully saturated rings. The van der Waals surface area contributed by atoms with Gasteiger partial charge in [0.15, 0.2) is 0 Å². The Balaban J connectivity index is 1.78. The number of aromatic nitrogens is 3. The second-order valence-corrected chi connectivity index (χ2v) is 5.39. The molecule has 88 valence electrons. The highest BCUT2D eigenvalue weighted by molar-refractivity contribution is 5.05. The van der Waals surface area contributed by atoms with Crippen molar-refractivity contribution in [3.05, 3.63) is 11.6 Å². The molecule has 0 aromatic carbocycles. The smallest absolute Gasteiger partial charge is 0.134 e. The summed E-state index contributed by atoms with van der Waals surface area (Å²) < 4.78 is 2.28. The quantitative estimate of drug-likeness (QED) is 0.820. The van der Waals surface area contributed by atoms with Crippen LogP contribution in [0.3, 0.4) is 0 Å². The molecular weight excluding hydrogens is 200 g/mol. The van der Waals surface area contributed by atoms with E-state index < -0.39 is 0 Å².